The molecule has 6 heteroatoms. The normalized spacial score (nSPS) is 13.3. The largest absolute Gasteiger partial charge is 0.351 e. The maximum Gasteiger partial charge on any atom is 0.251 e. The molecule has 1 rings (SSSR count). The van der Waals surface area contributed by atoms with Crippen LogP contribution in [-0.2, 0) is 9.84 Å². The molecule has 1 amide bonds. The summed E-state index contributed by atoms with van der Waals surface area (Å²) in [6, 6.07) is 5.95. The van der Waals surface area contributed by atoms with E-state index in [-0.39, 0.29) is 22.1 Å². The topological polar surface area (TPSA) is 63.2 Å². The number of nitrogens with one attached hydrogen (secondary N) is 1. The van der Waals surface area contributed by atoms with Crippen LogP contribution in [0.15, 0.2) is 29.2 Å². The Morgan fingerprint density at radius 1 is 1.37 bits per heavy atom. The van der Waals surface area contributed by atoms with Crippen LogP contribution in [0.3, 0.4) is 0 Å². The van der Waals surface area contributed by atoms with E-state index >= 15 is 0 Å². The van der Waals surface area contributed by atoms with Crippen LogP contribution in [0.25, 0.3) is 0 Å². The van der Waals surface area contributed by atoms with Gasteiger partial charge in [0.05, 0.1) is 10.3 Å². The number of rotatable bonds is 5. The van der Waals surface area contributed by atoms with E-state index in [1.165, 1.54) is 12.1 Å². The van der Waals surface area contributed by atoms with Crippen LogP contribution in [0.1, 0.15) is 24.2 Å². The number of hydrogen-bond acceptors (Lipinski definition) is 3. The van der Waals surface area contributed by atoms with Gasteiger partial charge in [0.1, 0.15) is 0 Å². The maximum absolute atomic E-state index is 11.9. The highest BCUT2D eigenvalue weighted by atomic mass is 35.5. The molecule has 4 nitrogen and oxygen atoms in total. The first-order valence-corrected chi connectivity index (χ1v) is 8.27. The van der Waals surface area contributed by atoms with Crippen molar-refractivity contribution in [3.63, 3.8) is 0 Å². The van der Waals surface area contributed by atoms with Crippen LogP contribution >= 0.6 is 11.6 Å². The molecule has 0 aliphatic heterocycles. The summed E-state index contributed by atoms with van der Waals surface area (Å²) in [6.45, 7) is 4.28. The van der Waals surface area contributed by atoms with Gasteiger partial charge in [-0.25, -0.2) is 8.42 Å². The fourth-order valence-corrected chi connectivity index (χ4v) is 2.14. The Bertz CT molecular complexity index is 555. The molecule has 0 aliphatic rings. The van der Waals surface area contributed by atoms with E-state index in [0.29, 0.717) is 12.1 Å². The summed E-state index contributed by atoms with van der Waals surface area (Å²) in [6.07, 6.45) is 1.11. The molecule has 1 N–H and O–H groups in total. The lowest BCUT2D eigenvalue weighted by Crippen LogP contribution is -2.32. The molecule has 106 valence electrons. The number of amides is 1. The number of carbonyl (C=O) groups excluding carboxylic acids is 1. The third-order valence-corrected chi connectivity index (χ3v) is 4.47. The van der Waals surface area contributed by atoms with Crippen molar-refractivity contribution in [1.29, 1.82) is 0 Å². The molecular formula is C13H18ClNO3S. The first kappa shape index (κ1) is 16.0. The van der Waals surface area contributed by atoms with Crippen molar-refractivity contribution in [2.24, 2.45) is 5.92 Å². The van der Waals surface area contributed by atoms with Crippen LogP contribution in [0.4, 0.5) is 0 Å². The van der Waals surface area contributed by atoms with Crippen LogP contribution < -0.4 is 5.32 Å². The van der Waals surface area contributed by atoms with E-state index in [0.717, 1.165) is 6.26 Å². The summed E-state index contributed by atoms with van der Waals surface area (Å²) in [4.78, 5) is 12.0. The monoisotopic (exact) mass is 303 g/mol. The van der Waals surface area contributed by atoms with Crippen molar-refractivity contribution in [2.45, 2.75) is 24.1 Å². The Balaban J connectivity index is 2.78. The van der Waals surface area contributed by atoms with Gasteiger partial charge in [0.15, 0.2) is 9.84 Å². The number of benzene rings is 1. The molecule has 0 spiro atoms. The molecule has 0 heterocycles. The van der Waals surface area contributed by atoms with Crippen molar-refractivity contribution in [3.8, 4) is 0 Å². The van der Waals surface area contributed by atoms with Gasteiger partial charge in [-0.15, -0.1) is 11.6 Å². The van der Waals surface area contributed by atoms with E-state index in [9.17, 15) is 13.2 Å². The minimum Gasteiger partial charge on any atom is -0.351 e. The molecule has 0 saturated heterocycles. The number of alkyl halides is 1. The molecule has 1 unspecified atom stereocenters. The summed E-state index contributed by atoms with van der Waals surface area (Å²) in [5.41, 5.74) is 0.315. The van der Waals surface area contributed by atoms with Crippen molar-refractivity contribution in [1.82, 2.24) is 5.32 Å². The van der Waals surface area contributed by atoms with Crippen LogP contribution in [0.2, 0.25) is 0 Å². The molecule has 0 fully saturated rings. The predicted molar refractivity (Wildman–Crippen MR) is 76.4 cm³/mol. The van der Waals surface area contributed by atoms with E-state index in [2.05, 4.69) is 5.32 Å². The van der Waals surface area contributed by atoms with Gasteiger partial charge in [0.25, 0.3) is 5.91 Å². The van der Waals surface area contributed by atoms with Gasteiger partial charge >= 0.3 is 0 Å². The van der Waals surface area contributed by atoms with Gasteiger partial charge in [-0.05, 0) is 24.1 Å². The Hall–Kier alpha value is -1.07. The van der Waals surface area contributed by atoms with E-state index < -0.39 is 9.84 Å². The quantitative estimate of drug-likeness (QED) is 0.847. The van der Waals surface area contributed by atoms with E-state index in [1.54, 1.807) is 12.1 Å². The summed E-state index contributed by atoms with van der Waals surface area (Å²) >= 11 is 6.04. The highest BCUT2D eigenvalue weighted by molar-refractivity contribution is 7.90. The smallest absolute Gasteiger partial charge is 0.251 e. The van der Waals surface area contributed by atoms with Gasteiger partial charge in [-0.3, -0.25) is 4.79 Å². The van der Waals surface area contributed by atoms with Crippen molar-refractivity contribution in [3.05, 3.63) is 29.8 Å². The zero-order valence-electron chi connectivity index (χ0n) is 11.2. The maximum atomic E-state index is 11.9. The average Bonchev–Trinajstić information content (AvgIpc) is 2.34. The van der Waals surface area contributed by atoms with Gasteiger partial charge in [-0.2, -0.15) is 0 Å². The molecule has 0 bridgehead atoms. The Labute approximate surface area is 119 Å². The van der Waals surface area contributed by atoms with Gasteiger partial charge in [-0.1, -0.05) is 19.9 Å². The summed E-state index contributed by atoms with van der Waals surface area (Å²) in [7, 11) is -3.31. The lowest BCUT2D eigenvalue weighted by Gasteiger charge is -2.14. The summed E-state index contributed by atoms with van der Waals surface area (Å²) < 4.78 is 22.8. The van der Waals surface area contributed by atoms with E-state index in [4.69, 9.17) is 11.6 Å². The number of carbonyl (C=O) groups is 1. The molecule has 1 aromatic carbocycles. The van der Waals surface area contributed by atoms with Crippen molar-refractivity contribution < 1.29 is 13.2 Å². The summed E-state index contributed by atoms with van der Waals surface area (Å²) in [5, 5.41) is 2.54. The molecule has 19 heavy (non-hydrogen) atoms. The van der Waals surface area contributed by atoms with Crippen molar-refractivity contribution in [2.75, 3.05) is 12.8 Å². The molecule has 0 aromatic heterocycles. The number of halogens is 1. The van der Waals surface area contributed by atoms with Gasteiger partial charge in [0.2, 0.25) is 0 Å². The molecule has 0 aliphatic carbocycles. The molecule has 1 aromatic rings. The molecule has 0 saturated carbocycles. The summed E-state index contributed by atoms with van der Waals surface area (Å²) in [5.74, 6) is -0.0684. The first-order valence-electron chi connectivity index (χ1n) is 5.94. The SMILES string of the molecule is CC(C)C(Cl)CNC(=O)c1cccc(S(C)(=O)=O)c1. The Morgan fingerprint density at radius 2 is 2.00 bits per heavy atom. The standard InChI is InChI=1S/C13H18ClNO3S/c1-9(2)12(14)8-15-13(16)10-5-4-6-11(7-10)19(3,17)18/h4-7,9,12H,8H2,1-3H3,(H,15,16). The Morgan fingerprint density at radius 3 is 2.53 bits per heavy atom. The van der Waals surface area contributed by atoms with Crippen LogP contribution in [0, 0.1) is 5.92 Å². The number of hydrogen-bond donors (Lipinski definition) is 1. The highest BCUT2D eigenvalue weighted by Gasteiger charge is 2.14. The minimum atomic E-state index is -3.31. The lowest BCUT2D eigenvalue weighted by molar-refractivity contribution is 0.0952. The van der Waals surface area contributed by atoms with Gasteiger partial charge in [0, 0.05) is 18.4 Å². The van der Waals surface area contributed by atoms with Crippen molar-refractivity contribution >= 4 is 27.3 Å². The number of sulfone groups is 1. The first-order chi connectivity index (χ1) is 8.71. The fraction of sp³-hybridized carbons (Fsp3) is 0.462. The Kier molecular flexibility index (Phi) is 5.38. The van der Waals surface area contributed by atoms with Gasteiger partial charge < -0.3 is 5.32 Å². The minimum absolute atomic E-state index is 0.131. The predicted octanol–water partition coefficient (Wildman–Crippen LogP) is 2.08. The molecule has 1 atom stereocenters. The van der Waals surface area contributed by atoms with E-state index in [1.807, 2.05) is 13.8 Å². The molecular weight excluding hydrogens is 286 g/mol. The van der Waals surface area contributed by atoms with Crippen LogP contribution in [-0.4, -0.2) is 32.5 Å². The fourth-order valence-electron chi connectivity index (χ4n) is 1.40. The van der Waals surface area contributed by atoms with Crippen LogP contribution in [0.5, 0.6) is 0 Å². The second-order valence-corrected chi connectivity index (χ2v) is 7.35. The molecule has 0 radical (unpaired) electrons. The highest BCUT2D eigenvalue weighted by Crippen LogP contribution is 2.12. The third kappa shape index (κ3) is 4.84. The zero-order valence-corrected chi connectivity index (χ0v) is 12.8. The average molecular weight is 304 g/mol. The zero-order chi connectivity index (χ0) is 14.6. The lowest BCUT2D eigenvalue weighted by atomic mass is 10.1. The second kappa shape index (κ2) is 6.39. The second-order valence-electron chi connectivity index (χ2n) is 4.77. The third-order valence-electron chi connectivity index (χ3n) is 2.71.